The summed E-state index contributed by atoms with van der Waals surface area (Å²) in [5, 5.41) is 2.93. The van der Waals surface area contributed by atoms with Crippen molar-refractivity contribution in [3.8, 4) is 17.2 Å². The predicted molar refractivity (Wildman–Crippen MR) is 122 cm³/mol. The van der Waals surface area contributed by atoms with Crippen LogP contribution in [0.4, 0.5) is 5.69 Å². The summed E-state index contributed by atoms with van der Waals surface area (Å²) in [6, 6.07) is 11.7. The number of rotatable bonds is 5. The molecule has 1 atom stereocenters. The van der Waals surface area contributed by atoms with Gasteiger partial charge >= 0.3 is 0 Å². The van der Waals surface area contributed by atoms with Crippen LogP contribution in [0.5, 0.6) is 17.2 Å². The Balaban J connectivity index is 1.25. The second-order valence-electron chi connectivity index (χ2n) is 8.85. The van der Waals surface area contributed by atoms with Crippen molar-refractivity contribution in [2.45, 2.75) is 49.2 Å². The minimum absolute atomic E-state index is 0.147. The van der Waals surface area contributed by atoms with Gasteiger partial charge in [0.25, 0.3) is 5.79 Å². The molecule has 1 spiro atoms. The highest BCUT2D eigenvalue weighted by Crippen LogP contribution is 2.47. The second kappa shape index (κ2) is 8.53. The molecule has 0 aromatic heterocycles. The van der Waals surface area contributed by atoms with Gasteiger partial charge in [0.05, 0.1) is 17.9 Å². The predicted octanol–water partition coefficient (Wildman–Crippen LogP) is 3.78. The Kier molecular flexibility index (Phi) is 5.70. The van der Waals surface area contributed by atoms with Gasteiger partial charge in [0.2, 0.25) is 15.9 Å². The summed E-state index contributed by atoms with van der Waals surface area (Å²) in [6.45, 7) is 0.540. The van der Waals surface area contributed by atoms with Crippen molar-refractivity contribution < 1.29 is 27.4 Å². The Morgan fingerprint density at radius 2 is 1.79 bits per heavy atom. The van der Waals surface area contributed by atoms with Crippen molar-refractivity contribution in [2.24, 2.45) is 5.92 Å². The molecule has 2 aromatic carbocycles. The highest BCUT2D eigenvalue weighted by molar-refractivity contribution is 7.89. The maximum absolute atomic E-state index is 13.1. The second-order valence-corrected chi connectivity index (χ2v) is 10.8. The third-order valence-corrected chi connectivity index (χ3v) is 8.50. The number of nitrogens with one attached hydrogen (secondary N) is 1. The Morgan fingerprint density at radius 3 is 2.52 bits per heavy atom. The lowest BCUT2D eigenvalue weighted by molar-refractivity contribution is -0.120. The van der Waals surface area contributed by atoms with E-state index in [1.165, 1.54) is 23.5 Å². The lowest BCUT2D eigenvalue weighted by atomic mass is 9.98. The van der Waals surface area contributed by atoms with Crippen molar-refractivity contribution >= 4 is 21.6 Å². The molecule has 1 N–H and O–H groups in total. The molecule has 8 nitrogen and oxygen atoms in total. The fourth-order valence-corrected chi connectivity index (χ4v) is 6.33. The number of benzene rings is 2. The number of carbonyl (C=O) groups excluding carboxylic acids is 1. The number of anilines is 1. The summed E-state index contributed by atoms with van der Waals surface area (Å²) in [4.78, 5) is 13.2. The average Bonchev–Trinajstić information content (AvgIpc) is 3.44. The third-order valence-electron chi connectivity index (χ3n) is 6.62. The number of piperidine rings is 1. The highest BCUT2D eigenvalue weighted by atomic mass is 32.2. The van der Waals surface area contributed by atoms with Gasteiger partial charge < -0.3 is 19.5 Å². The van der Waals surface area contributed by atoms with Crippen LogP contribution >= 0.6 is 0 Å². The van der Waals surface area contributed by atoms with Gasteiger partial charge in [-0.2, -0.15) is 4.31 Å². The summed E-state index contributed by atoms with van der Waals surface area (Å²) in [5.41, 5.74) is 0.618. The summed E-state index contributed by atoms with van der Waals surface area (Å²) < 4.78 is 44.8. The molecule has 0 radical (unpaired) electrons. The van der Waals surface area contributed by atoms with E-state index in [1.807, 2.05) is 6.07 Å². The van der Waals surface area contributed by atoms with Gasteiger partial charge in [-0.15, -0.1) is 0 Å². The largest absolute Gasteiger partial charge is 0.497 e. The van der Waals surface area contributed by atoms with Crippen molar-refractivity contribution in [3.05, 3.63) is 42.5 Å². The molecule has 3 aliphatic rings. The number of nitrogens with zero attached hydrogens (tertiary/aromatic N) is 1. The van der Waals surface area contributed by atoms with Crippen LogP contribution < -0.4 is 19.5 Å². The Labute approximate surface area is 193 Å². The molecule has 2 fully saturated rings. The number of fused-ring (bicyclic) bond motifs is 1. The van der Waals surface area contributed by atoms with E-state index in [-0.39, 0.29) is 17.3 Å². The summed E-state index contributed by atoms with van der Waals surface area (Å²) in [6.07, 6.45) is 5.14. The van der Waals surface area contributed by atoms with Gasteiger partial charge in [0.15, 0.2) is 11.5 Å². The zero-order chi connectivity index (χ0) is 23.1. The molecule has 0 unspecified atom stereocenters. The van der Waals surface area contributed by atoms with Crippen LogP contribution in [0, 0.1) is 5.92 Å². The normalized spacial score (nSPS) is 21.8. The summed E-state index contributed by atoms with van der Waals surface area (Å²) in [7, 11) is -2.15. The van der Waals surface area contributed by atoms with E-state index in [9.17, 15) is 13.2 Å². The first-order chi connectivity index (χ1) is 15.9. The van der Waals surface area contributed by atoms with Crippen LogP contribution in [0.25, 0.3) is 0 Å². The van der Waals surface area contributed by atoms with Gasteiger partial charge in [-0.1, -0.05) is 0 Å². The molecule has 2 heterocycles. The fourth-order valence-electron chi connectivity index (χ4n) is 4.81. The Morgan fingerprint density at radius 1 is 1.06 bits per heavy atom. The smallest absolute Gasteiger partial charge is 0.251 e. The zero-order valence-electron chi connectivity index (χ0n) is 18.6. The van der Waals surface area contributed by atoms with Gasteiger partial charge in [0, 0.05) is 37.7 Å². The average molecular weight is 473 g/mol. The van der Waals surface area contributed by atoms with Crippen LogP contribution in [0.15, 0.2) is 47.4 Å². The maximum atomic E-state index is 13.1. The zero-order valence-corrected chi connectivity index (χ0v) is 19.4. The molecule has 0 bridgehead atoms. The van der Waals surface area contributed by atoms with Crippen LogP contribution in [-0.4, -0.2) is 44.6 Å². The van der Waals surface area contributed by atoms with Crippen LogP contribution in [-0.2, 0) is 14.8 Å². The number of hydrogen-bond donors (Lipinski definition) is 1. The van der Waals surface area contributed by atoms with E-state index < -0.39 is 21.7 Å². The molecule has 9 heteroatoms. The number of sulfonamides is 1. The van der Waals surface area contributed by atoms with E-state index in [4.69, 9.17) is 14.2 Å². The van der Waals surface area contributed by atoms with Crippen molar-refractivity contribution in [1.29, 1.82) is 0 Å². The van der Waals surface area contributed by atoms with E-state index in [0.717, 1.165) is 25.7 Å². The monoisotopic (exact) mass is 472 g/mol. The molecule has 1 amide bonds. The van der Waals surface area contributed by atoms with E-state index in [0.29, 0.717) is 42.3 Å². The number of ether oxygens (including phenoxy) is 3. The fraction of sp³-hybridized carbons (Fsp3) is 0.458. The van der Waals surface area contributed by atoms with Crippen LogP contribution in [0.3, 0.4) is 0 Å². The van der Waals surface area contributed by atoms with E-state index in [1.54, 1.807) is 24.3 Å². The topological polar surface area (TPSA) is 94.2 Å². The summed E-state index contributed by atoms with van der Waals surface area (Å²) >= 11 is 0. The molecule has 5 rings (SSSR count). The highest BCUT2D eigenvalue weighted by Gasteiger charge is 2.44. The van der Waals surface area contributed by atoms with Gasteiger partial charge in [-0.25, -0.2) is 8.42 Å². The van der Waals surface area contributed by atoms with Crippen LogP contribution in [0.2, 0.25) is 0 Å². The maximum Gasteiger partial charge on any atom is 0.251 e. The molecule has 2 aromatic rings. The van der Waals surface area contributed by atoms with E-state index >= 15 is 0 Å². The molecule has 33 heavy (non-hydrogen) atoms. The molecule has 176 valence electrons. The van der Waals surface area contributed by atoms with Crippen molar-refractivity contribution in [2.75, 3.05) is 25.5 Å². The molecular weight excluding hydrogens is 444 g/mol. The Hall–Kier alpha value is -2.78. The van der Waals surface area contributed by atoms with Crippen molar-refractivity contribution in [1.82, 2.24) is 4.31 Å². The number of methoxy groups -OCH3 is 1. The number of amides is 1. The first kappa shape index (κ1) is 22.0. The quantitative estimate of drug-likeness (QED) is 0.712. The SMILES string of the molecule is COc1ccc(S(=O)(=O)N2CCC[C@@H](C(=O)Nc3ccc4c(c3)OC3(CCCC3)O4)C2)cc1. The lowest BCUT2D eigenvalue weighted by Crippen LogP contribution is -2.43. The molecule has 1 saturated heterocycles. The van der Waals surface area contributed by atoms with Gasteiger partial charge in [0.1, 0.15) is 5.75 Å². The minimum Gasteiger partial charge on any atom is -0.497 e. The van der Waals surface area contributed by atoms with Crippen LogP contribution in [0.1, 0.15) is 38.5 Å². The molecule has 1 saturated carbocycles. The standard InChI is InChI=1S/C24H28N2O6S/c1-30-19-7-9-20(10-8-19)33(28,29)26-14-4-5-17(16-26)23(27)25-18-6-11-21-22(15-18)32-24(31-21)12-2-3-13-24/h6-11,15,17H,2-5,12-14,16H2,1H3,(H,25,27)/t17-/m1/s1. The van der Waals surface area contributed by atoms with E-state index in [2.05, 4.69) is 5.32 Å². The lowest BCUT2D eigenvalue weighted by Gasteiger charge is -2.31. The summed E-state index contributed by atoms with van der Waals surface area (Å²) in [5.74, 6) is 0.751. The number of carbonyl (C=O) groups is 1. The number of hydrogen-bond acceptors (Lipinski definition) is 6. The third kappa shape index (κ3) is 4.27. The first-order valence-electron chi connectivity index (χ1n) is 11.4. The molecule has 1 aliphatic carbocycles. The molecular formula is C24H28N2O6S. The minimum atomic E-state index is -3.69. The Bertz CT molecular complexity index is 1140. The van der Waals surface area contributed by atoms with Gasteiger partial charge in [-0.05, 0) is 62.1 Å². The first-order valence-corrected chi connectivity index (χ1v) is 12.8. The molecule has 2 aliphatic heterocycles. The van der Waals surface area contributed by atoms with Gasteiger partial charge in [-0.3, -0.25) is 4.79 Å². The van der Waals surface area contributed by atoms with Crippen molar-refractivity contribution in [3.63, 3.8) is 0 Å².